The molecule has 0 spiro atoms. The molecule has 2 aromatic heterocycles. The van der Waals surface area contributed by atoms with E-state index in [-0.39, 0.29) is 0 Å². The fraction of sp³-hybridized carbons (Fsp3) is 0.368. The summed E-state index contributed by atoms with van der Waals surface area (Å²) in [5.74, 6) is 1.88. The lowest BCUT2D eigenvalue weighted by atomic mass is 10.2. The summed E-state index contributed by atoms with van der Waals surface area (Å²) >= 11 is 7.75. The van der Waals surface area contributed by atoms with Crippen LogP contribution in [0.5, 0.6) is 0 Å². The molecule has 0 fully saturated rings. The highest BCUT2D eigenvalue weighted by Crippen LogP contribution is 2.15. The molecule has 10 heteroatoms. The Balaban J connectivity index is 1.65. The predicted octanol–water partition coefficient (Wildman–Crippen LogP) is 3.22. The molecule has 2 aromatic rings. The third kappa shape index (κ3) is 9.01. The Hall–Kier alpha value is -2.52. The van der Waals surface area contributed by atoms with Gasteiger partial charge in [-0.2, -0.15) is 11.8 Å². The highest BCUT2D eigenvalue weighted by Gasteiger charge is 2.04. The van der Waals surface area contributed by atoms with E-state index in [0.29, 0.717) is 35.4 Å². The van der Waals surface area contributed by atoms with Crippen LogP contribution >= 0.6 is 23.4 Å². The van der Waals surface area contributed by atoms with E-state index >= 15 is 0 Å². The molecule has 2 rings (SSSR count). The van der Waals surface area contributed by atoms with Crippen LogP contribution in [0.25, 0.3) is 0 Å². The Bertz CT molecular complexity index is 763. The van der Waals surface area contributed by atoms with Gasteiger partial charge in [-0.05, 0) is 43.5 Å². The van der Waals surface area contributed by atoms with Crippen LogP contribution in [0.1, 0.15) is 24.2 Å². The number of anilines is 1. The Morgan fingerprint density at radius 2 is 1.90 bits per heavy atom. The molecule has 2 heterocycles. The molecular weight excluding hydrogens is 412 g/mol. The molecule has 0 unspecified atom stereocenters. The molecule has 0 aliphatic heterocycles. The zero-order valence-corrected chi connectivity index (χ0v) is 17.6. The van der Waals surface area contributed by atoms with Crippen molar-refractivity contribution >= 4 is 29.1 Å². The first kappa shape index (κ1) is 22.8. The van der Waals surface area contributed by atoms with Crippen molar-refractivity contribution in [2.45, 2.75) is 25.0 Å². The molecular formula is C19H25ClN6O2S. The Morgan fingerprint density at radius 1 is 1.17 bits per heavy atom. The second-order valence-electron chi connectivity index (χ2n) is 6.16. The number of halogens is 1. The quantitative estimate of drug-likeness (QED) is 0.249. The van der Waals surface area contributed by atoms with Crippen molar-refractivity contribution in [3.05, 3.63) is 75.2 Å². The van der Waals surface area contributed by atoms with Crippen LogP contribution in [0.4, 0.5) is 5.69 Å². The van der Waals surface area contributed by atoms with E-state index in [1.807, 2.05) is 12.1 Å². The predicted molar refractivity (Wildman–Crippen MR) is 118 cm³/mol. The molecule has 156 valence electrons. The highest BCUT2D eigenvalue weighted by atomic mass is 35.5. The van der Waals surface area contributed by atoms with Gasteiger partial charge in [-0.15, -0.1) is 0 Å². The van der Waals surface area contributed by atoms with Gasteiger partial charge in [-0.1, -0.05) is 11.6 Å². The number of hydrogen-bond donors (Lipinski definition) is 3. The van der Waals surface area contributed by atoms with Crippen molar-refractivity contribution in [2.24, 2.45) is 0 Å². The average molecular weight is 437 g/mol. The zero-order chi connectivity index (χ0) is 20.9. The van der Waals surface area contributed by atoms with Crippen LogP contribution in [0.3, 0.4) is 0 Å². The number of nitrogens with two attached hydrogens (primary N) is 1. The Morgan fingerprint density at radius 3 is 2.62 bits per heavy atom. The standard InChI is InChI=1S/C19H25ClN6O2S/c20-15-5-3-9-22-17(15)7-1-2-8-24-19(13-26(27)28)25-11-12-29-14-18-16(21)6-4-10-23-18/h3-6,9-10,13,24-25H,1-2,7-8,11-12,14,21H2/b19-13-. The topological polar surface area (TPSA) is 119 Å². The van der Waals surface area contributed by atoms with Crippen molar-refractivity contribution in [1.82, 2.24) is 20.6 Å². The number of aromatic nitrogens is 2. The van der Waals surface area contributed by atoms with Crippen LogP contribution < -0.4 is 16.4 Å². The smallest absolute Gasteiger partial charge is 0.274 e. The number of hydrogen-bond acceptors (Lipinski definition) is 8. The first-order valence-corrected chi connectivity index (χ1v) is 10.8. The Kier molecular flexibility index (Phi) is 10.1. The molecule has 0 bridgehead atoms. The molecule has 0 aliphatic rings. The van der Waals surface area contributed by atoms with Gasteiger partial charge in [0.25, 0.3) is 6.20 Å². The largest absolute Gasteiger partial charge is 0.397 e. The van der Waals surface area contributed by atoms with Gasteiger partial charge >= 0.3 is 0 Å². The number of pyridine rings is 2. The number of nitrogens with zero attached hydrogens (tertiary/aromatic N) is 3. The summed E-state index contributed by atoms with van der Waals surface area (Å²) in [4.78, 5) is 18.9. The second-order valence-corrected chi connectivity index (χ2v) is 7.67. The molecule has 0 amide bonds. The van der Waals surface area contributed by atoms with Gasteiger partial charge in [-0.3, -0.25) is 20.1 Å². The molecule has 0 aromatic carbocycles. The minimum atomic E-state index is -0.468. The van der Waals surface area contributed by atoms with Gasteiger partial charge in [0, 0.05) is 37.0 Å². The Labute approximate surface area is 179 Å². The fourth-order valence-electron chi connectivity index (χ4n) is 2.50. The maximum Gasteiger partial charge on any atom is 0.274 e. The van der Waals surface area contributed by atoms with E-state index in [4.69, 9.17) is 17.3 Å². The minimum absolute atomic E-state index is 0.406. The number of nitrogen functional groups attached to an aromatic ring is 1. The summed E-state index contributed by atoms with van der Waals surface area (Å²) in [6.07, 6.45) is 6.90. The summed E-state index contributed by atoms with van der Waals surface area (Å²) in [5, 5.41) is 17.7. The monoisotopic (exact) mass is 436 g/mol. The van der Waals surface area contributed by atoms with Crippen LogP contribution in [-0.2, 0) is 12.2 Å². The van der Waals surface area contributed by atoms with Gasteiger partial charge in [0.15, 0.2) is 5.82 Å². The number of unbranched alkanes of at least 4 members (excludes halogenated alkanes) is 1. The number of nitro groups is 1. The SMILES string of the molecule is Nc1cccnc1CSCCN/C(=C\[N+](=O)[O-])NCCCCc1ncccc1Cl. The average Bonchev–Trinajstić information content (AvgIpc) is 2.69. The van der Waals surface area contributed by atoms with Crippen LogP contribution in [-0.4, -0.2) is 33.7 Å². The van der Waals surface area contributed by atoms with Crippen molar-refractivity contribution in [3.8, 4) is 0 Å². The highest BCUT2D eigenvalue weighted by molar-refractivity contribution is 7.98. The van der Waals surface area contributed by atoms with Gasteiger partial charge < -0.3 is 16.4 Å². The molecule has 4 N–H and O–H groups in total. The number of aryl methyl sites for hydroxylation is 1. The van der Waals surface area contributed by atoms with Gasteiger partial charge in [0.2, 0.25) is 0 Å². The molecule has 8 nitrogen and oxygen atoms in total. The first-order chi connectivity index (χ1) is 14.1. The van der Waals surface area contributed by atoms with Crippen molar-refractivity contribution in [2.75, 3.05) is 24.6 Å². The van der Waals surface area contributed by atoms with Crippen LogP contribution in [0.15, 0.2) is 48.7 Å². The first-order valence-electron chi connectivity index (χ1n) is 9.26. The van der Waals surface area contributed by atoms with Gasteiger partial charge in [-0.25, -0.2) is 0 Å². The minimum Gasteiger partial charge on any atom is -0.397 e. The molecule has 0 saturated carbocycles. The van der Waals surface area contributed by atoms with Gasteiger partial charge in [0.1, 0.15) is 0 Å². The van der Waals surface area contributed by atoms with Gasteiger partial charge in [0.05, 0.1) is 27.0 Å². The lowest BCUT2D eigenvalue weighted by Crippen LogP contribution is -2.29. The summed E-state index contributed by atoms with van der Waals surface area (Å²) in [5.41, 5.74) is 8.27. The maximum absolute atomic E-state index is 10.8. The third-order valence-corrected chi connectivity index (χ3v) is 5.27. The maximum atomic E-state index is 10.8. The summed E-state index contributed by atoms with van der Waals surface area (Å²) in [7, 11) is 0. The molecule has 0 saturated heterocycles. The van der Waals surface area contributed by atoms with Crippen LogP contribution in [0, 0.1) is 10.1 Å². The number of rotatable bonds is 13. The molecule has 0 radical (unpaired) electrons. The zero-order valence-electron chi connectivity index (χ0n) is 16.0. The van der Waals surface area contributed by atoms with E-state index in [2.05, 4.69) is 20.6 Å². The van der Waals surface area contributed by atoms with E-state index in [1.165, 1.54) is 0 Å². The summed E-state index contributed by atoms with van der Waals surface area (Å²) < 4.78 is 0. The fourth-order valence-corrected chi connectivity index (χ4v) is 3.54. The van der Waals surface area contributed by atoms with E-state index in [9.17, 15) is 10.1 Å². The van der Waals surface area contributed by atoms with Crippen LogP contribution in [0.2, 0.25) is 5.02 Å². The third-order valence-electron chi connectivity index (χ3n) is 3.95. The molecule has 0 aliphatic carbocycles. The van der Waals surface area contributed by atoms with Crippen molar-refractivity contribution in [1.29, 1.82) is 0 Å². The van der Waals surface area contributed by atoms with E-state index in [1.54, 1.807) is 36.3 Å². The van der Waals surface area contributed by atoms with Crippen molar-refractivity contribution < 1.29 is 4.92 Å². The number of thioether (sulfide) groups is 1. The molecule has 29 heavy (non-hydrogen) atoms. The summed E-state index contributed by atoms with van der Waals surface area (Å²) in [6, 6.07) is 7.25. The normalized spacial score (nSPS) is 11.3. The lowest BCUT2D eigenvalue weighted by molar-refractivity contribution is -0.404. The van der Waals surface area contributed by atoms with Crippen molar-refractivity contribution in [3.63, 3.8) is 0 Å². The van der Waals surface area contributed by atoms with E-state index < -0.39 is 4.92 Å². The molecule has 0 atom stereocenters. The van der Waals surface area contributed by atoms with E-state index in [0.717, 1.165) is 42.6 Å². The number of nitrogens with one attached hydrogen (secondary N) is 2. The second kappa shape index (κ2) is 12.8. The summed E-state index contributed by atoms with van der Waals surface area (Å²) in [6.45, 7) is 1.21. The lowest BCUT2D eigenvalue weighted by Gasteiger charge is -2.11.